The second-order valence-electron chi connectivity index (χ2n) is 9.29. The van der Waals surface area contributed by atoms with Gasteiger partial charge in [0, 0.05) is 0 Å². The lowest BCUT2D eigenvalue weighted by molar-refractivity contribution is -0.132. The number of nitrogens with one attached hydrogen (secondary N) is 3. The van der Waals surface area contributed by atoms with E-state index in [2.05, 4.69) is 16.0 Å². The summed E-state index contributed by atoms with van der Waals surface area (Å²) < 4.78 is 5.26. The lowest BCUT2D eigenvalue weighted by Gasteiger charge is -2.27. The number of Topliss-reactive ketones (excluding diaryl/α,β-unsaturated/α-hetero) is 1. The largest absolute Gasteiger partial charge is 0.444 e. The van der Waals surface area contributed by atoms with Gasteiger partial charge in [0.1, 0.15) is 17.7 Å². The standard InChI is InChI=1S/C24H37N3O5/c1-15(2)20(27-23(31)32-24(5,6)7)22(30)26-19(21(29)25-16(3)17(4)28)14-13-18-11-9-8-10-12-18/h8-12,15-16,19-20H,13-14H2,1-7H3,(H,25,29)(H,26,30)(H,27,31). The molecule has 0 aliphatic rings. The topological polar surface area (TPSA) is 114 Å². The van der Waals surface area contributed by atoms with Crippen LogP contribution in [0.3, 0.4) is 0 Å². The fraction of sp³-hybridized carbons (Fsp3) is 0.583. The van der Waals surface area contributed by atoms with Crippen LogP contribution in [-0.4, -0.2) is 47.4 Å². The highest BCUT2D eigenvalue weighted by Crippen LogP contribution is 2.11. The van der Waals surface area contributed by atoms with E-state index >= 15 is 0 Å². The van der Waals surface area contributed by atoms with E-state index in [0.717, 1.165) is 5.56 Å². The maximum Gasteiger partial charge on any atom is 0.408 e. The highest BCUT2D eigenvalue weighted by molar-refractivity contribution is 5.93. The highest BCUT2D eigenvalue weighted by atomic mass is 16.6. The van der Waals surface area contributed by atoms with Crippen LogP contribution in [0.25, 0.3) is 0 Å². The van der Waals surface area contributed by atoms with Gasteiger partial charge in [0.05, 0.1) is 6.04 Å². The van der Waals surface area contributed by atoms with Gasteiger partial charge in [-0.25, -0.2) is 4.79 Å². The Labute approximate surface area is 190 Å². The third kappa shape index (κ3) is 9.94. The van der Waals surface area contributed by atoms with Crippen molar-refractivity contribution in [2.75, 3.05) is 0 Å². The Morgan fingerprint density at radius 2 is 1.50 bits per heavy atom. The number of ether oxygens (including phenoxy) is 1. The van der Waals surface area contributed by atoms with Crippen LogP contribution in [0, 0.1) is 5.92 Å². The molecule has 0 aliphatic heterocycles. The number of benzene rings is 1. The van der Waals surface area contributed by atoms with Gasteiger partial charge < -0.3 is 20.7 Å². The van der Waals surface area contributed by atoms with Crippen molar-refractivity contribution in [3.63, 3.8) is 0 Å². The number of ketones is 1. The van der Waals surface area contributed by atoms with Gasteiger partial charge in [-0.3, -0.25) is 14.4 Å². The van der Waals surface area contributed by atoms with E-state index < -0.39 is 41.6 Å². The predicted octanol–water partition coefficient (Wildman–Crippen LogP) is 2.75. The average molecular weight is 448 g/mol. The summed E-state index contributed by atoms with van der Waals surface area (Å²) in [5.74, 6) is -1.36. The highest BCUT2D eigenvalue weighted by Gasteiger charge is 2.30. The second kappa shape index (κ2) is 12.2. The van der Waals surface area contributed by atoms with Crippen molar-refractivity contribution < 1.29 is 23.9 Å². The molecule has 0 aromatic heterocycles. The monoisotopic (exact) mass is 447 g/mol. The van der Waals surface area contributed by atoms with Crippen LogP contribution in [0.1, 0.15) is 60.5 Å². The van der Waals surface area contributed by atoms with Crippen LogP contribution in [0.5, 0.6) is 0 Å². The van der Waals surface area contributed by atoms with Crippen LogP contribution in [0.2, 0.25) is 0 Å². The molecule has 8 heteroatoms. The summed E-state index contributed by atoms with van der Waals surface area (Å²) >= 11 is 0. The second-order valence-corrected chi connectivity index (χ2v) is 9.29. The Hall–Kier alpha value is -2.90. The van der Waals surface area contributed by atoms with Gasteiger partial charge in [-0.05, 0) is 58.9 Å². The molecule has 3 unspecified atom stereocenters. The maximum absolute atomic E-state index is 13.0. The molecule has 32 heavy (non-hydrogen) atoms. The maximum atomic E-state index is 13.0. The molecule has 1 rings (SSSR count). The van der Waals surface area contributed by atoms with Gasteiger partial charge in [-0.15, -0.1) is 0 Å². The molecule has 0 fully saturated rings. The molecular weight excluding hydrogens is 410 g/mol. The van der Waals surface area contributed by atoms with E-state index in [4.69, 9.17) is 4.74 Å². The molecule has 0 aliphatic carbocycles. The van der Waals surface area contributed by atoms with Gasteiger partial charge in [0.2, 0.25) is 11.8 Å². The predicted molar refractivity (Wildman–Crippen MR) is 123 cm³/mol. The summed E-state index contributed by atoms with van der Waals surface area (Å²) in [4.78, 5) is 49.6. The van der Waals surface area contributed by atoms with Crippen LogP contribution < -0.4 is 16.0 Å². The van der Waals surface area contributed by atoms with Gasteiger partial charge in [-0.1, -0.05) is 44.2 Å². The minimum absolute atomic E-state index is 0.182. The molecule has 0 spiro atoms. The molecular formula is C24H37N3O5. The van der Waals surface area contributed by atoms with Gasteiger partial charge in [0.25, 0.3) is 0 Å². The van der Waals surface area contributed by atoms with Crippen molar-refractivity contribution in [1.82, 2.24) is 16.0 Å². The molecule has 1 aromatic rings. The Kier molecular flexibility index (Phi) is 10.4. The smallest absolute Gasteiger partial charge is 0.408 e. The number of carbonyl (C=O) groups is 4. The summed E-state index contributed by atoms with van der Waals surface area (Å²) in [7, 11) is 0. The van der Waals surface area contributed by atoms with E-state index in [-0.39, 0.29) is 11.7 Å². The third-order valence-corrected chi connectivity index (χ3v) is 4.79. The zero-order valence-corrected chi connectivity index (χ0v) is 20.2. The van der Waals surface area contributed by atoms with Crippen LogP contribution in [0.4, 0.5) is 4.79 Å². The minimum atomic E-state index is -0.887. The molecule has 178 valence electrons. The number of amides is 3. The molecule has 0 bridgehead atoms. The van der Waals surface area contributed by atoms with Gasteiger partial charge >= 0.3 is 6.09 Å². The summed E-state index contributed by atoms with van der Waals surface area (Å²) in [5.41, 5.74) is 0.315. The first-order valence-electron chi connectivity index (χ1n) is 10.9. The van der Waals surface area contributed by atoms with E-state index in [1.165, 1.54) is 6.92 Å². The normalized spacial score (nSPS) is 14.1. The molecule has 0 heterocycles. The Morgan fingerprint density at radius 1 is 0.906 bits per heavy atom. The fourth-order valence-electron chi connectivity index (χ4n) is 2.87. The van der Waals surface area contributed by atoms with Crippen LogP contribution >= 0.6 is 0 Å². The van der Waals surface area contributed by atoms with Crippen molar-refractivity contribution in [2.24, 2.45) is 5.92 Å². The molecule has 3 N–H and O–H groups in total. The fourth-order valence-corrected chi connectivity index (χ4v) is 2.87. The van der Waals surface area contributed by atoms with E-state index in [1.54, 1.807) is 41.5 Å². The van der Waals surface area contributed by atoms with Crippen molar-refractivity contribution in [1.29, 1.82) is 0 Å². The summed E-state index contributed by atoms with van der Waals surface area (Å²) in [6.07, 6.45) is 0.185. The number of alkyl carbamates (subject to hydrolysis) is 1. The lowest BCUT2D eigenvalue weighted by Crippen LogP contribution is -2.57. The lowest BCUT2D eigenvalue weighted by atomic mass is 10.0. The molecule has 3 atom stereocenters. The Bertz CT molecular complexity index is 787. The van der Waals surface area contributed by atoms with E-state index in [0.29, 0.717) is 12.8 Å². The van der Waals surface area contributed by atoms with Crippen molar-refractivity contribution in [2.45, 2.75) is 85.0 Å². The number of aryl methyl sites for hydroxylation is 1. The number of hydrogen-bond donors (Lipinski definition) is 3. The summed E-state index contributed by atoms with van der Waals surface area (Å²) in [6, 6.07) is 7.17. The van der Waals surface area contributed by atoms with Crippen molar-refractivity contribution in [3.05, 3.63) is 35.9 Å². The summed E-state index contributed by atoms with van der Waals surface area (Å²) in [6.45, 7) is 11.8. The molecule has 1 aromatic carbocycles. The first kappa shape index (κ1) is 27.1. The number of carbonyl (C=O) groups excluding carboxylic acids is 4. The number of hydrogen-bond acceptors (Lipinski definition) is 5. The Balaban J connectivity index is 2.95. The first-order valence-corrected chi connectivity index (χ1v) is 10.9. The zero-order valence-electron chi connectivity index (χ0n) is 20.2. The van der Waals surface area contributed by atoms with Crippen LogP contribution in [-0.2, 0) is 25.5 Å². The Morgan fingerprint density at radius 3 is 2.00 bits per heavy atom. The zero-order chi connectivity index (χ0) is 24.5. The van der Waals surface area contributed by atoms with Gasteiger partial charge in [0.15, 0.2) is 5.78 Å². The van der Waals surface area contributed by atoms with Crippen LogP contribution in [0.15, 0.2) is 30.3 Å². The molecule has 0 saturated heterocycles. The average Bonchev–Trinajstić information content (AvgIpc) is 2.68. The minimum Gasteiger partial charge on any atom is -0.444 e. The third-order valence-electron chi connectivity index (χ3n) is 4.79. The first-order chi connectivity index (χ1) is 14.8. The van der Waals surface area contributed by atoms with Crippen molar-refractivity contribution >= 4 is 23.7 Å². The molecule has 0 radical (unpaired) electrons. The molecule has 3 amide bonds. The van der Waals surface area contributed by atoms with E-state index in [1.807, 2.05) is 30.3 Å². The molecule has 8 nitrogen and oxygen atoms in total. The van der Waals surface area contributed by atoms with Gasteiger partial charge in [-0.2, -0.15) is 0 Å². The quantitative estimate of drug-likeness (QED) is 0.510. The van der Waals surface area contributed by atoms with Crippen molar-refractivity contribution in [3.8, 4) is 0 Å². The SMILES string of the molecule is CC(=O)C(C)NC(=O)C(CCc1ccccc1)NC(=O)C(NC(=O)OC(C)(C)C)C(C)C. The van der Waals surface area contributed by atoms with E-state index in [9.17, 15) is 19.2 Å². The summed E-state index contributed by atoms with van der Waals surface area (Å²) in [5, 5.41) is 7.99. The molecule has 0 saturated carbocycles. The number of rotatable bonds is 10.